The Kier molecular flexibility index (Phi) is 6.61. The highest BCUT2D eigenvalue weighted by molar-refractivity contribution is 6.31. The highest BCUT2D eigenvalue weighted by Gasteiger charge is 2.33. The van der Waals surface area contributed by atoms with E-state index in [1.54, 1.807) is 55.7 Å². The maximum atomic E-state index is 13.1. The number of hydrogen-bond donors (Lipinski definition) is 3. The van der Waals surface area contributed by atoms with E-state index in [4.69, 9.17) is 11.6 Å². The van der Waals surface area contributed by atoms with E-state index in [1.165, 1.54) is 6.07 Å². The van der Waals surface area contributed by atoms with Gasteiger partial charge in [0.2, 0.25) is 0 Å². The molecule has 0 aliphatic heterocycles. The molecule has 0 atom stereocenters. The molecule has 1 heterocycles. The van der Waals surface area contributed by atoms with Crippen LogP contribution in [0.1, 0.15) is 21.5 Å². The molecule has 0 fully saturated rings. The van der Waals surface area contributed by atoms with Gasteiger partial charge in [0, 0.05) is 40.4 Å². The lowest BCUT2D eigenvalue weighted by Gasteiger charge is -2.14. The van der Waals surface area contributed by atoms with Crippen molar-refractivity contribution in [3.8, 4) is 0 Å². The van der Waals surface area contributed by atoms with Gasteiger partial charge in [-0.25, -0.2) is 4.79 Å². The van der Waals surface area contributed by atoms with Gasteiger partial charge in [-0.3, -0.25) is 9.78 Å². The number of nitrogens with zero attached hydrogens (tertiary/aromatic N) is 1. The fraction of sp³-hybridized carbons (Fsp3) is 0.0800. The Morgan fingerprint density at radius 2 is 1.63 bits per heavy atom. The molecule has 0 radical (unpaired) electrons. The molecule has 4 aromatic rings. The average Bonchev–Trinajstić information content (AvgIpc) is 2.81. The fourth-order valence-electron chi connectivity index (χ4n) is 3.46. The lowest BCUT2D eigenvalue weighted by molar-refractivity contribution is -0.137. The third-order valence-electron chi connectivity index (χ3n) is 5.20. The molecule has 178 valence electrons. The van der Waals surface area contributed by atoms with Crippen LogP contribution in [0.25, 0.3) is 10.8 Å². The van der Waals surface area contributed by atoms with Crippen LogP contribution in [0.15, 0.2) is 73.1 Å². The largest absolute Gasteiger partial charge is 0.417 e. The van der Waals surface area contributed by atoms with Gasteiger partial charge < -0.3 is 16.0 Å². The molecule has 0 unspecified atom stereocenters. The van der Waals surface area contributed by atoms with E-state index in [9.17, 15) is 22.8 Å². The number of aryl methyl sites for hydroxylation is 1. The highest BCUT2D eigenvalue weighted by Crippen LogP contribution is 2.36. The predicted molar refractivity (Wildman–Crippen MR) is 130 cm³/mol. The fourth-order valence-corrected chi connectivity index (χ4v) is 3.68. The molecular weight excluding hydrogens is 481 g/mol. The third kappa shape index (κ3) is 5.52. The number of halogens is 4. The average molecular weight is 499 g/mol. The molecule has 10 heteroatoms. The number of benzene rings is 3. The van der Waals surface area contributed by atoms with Crippen LogP contribution in [0, 0.1) is 6.92 Å². The Labute approximate surface area is 203 Å². The van der Waals surface area contributed by atoms with Crippen LogP contribution >= 0.6 is 11.6 Å². The smallest absolute Gasteiger partial charge is 0.322 e. The molecular formula is C25H18ClF3N4O2. The van der Waals surface area contributed by atoms with Gasteiger partial charge in [0.15, 0.2) is 0 Å². The van der Waals surface area contributed by atoms with Gasteiger partial charge >= 0.3 is 12.2 Å². The molecule has 0 saturated carbocycles. The first kappa shape index (κ1) is 24.0. The molecule has 3 N–H and O–H groups in total. The number of fused-ring (bicyclic) bond motifs is 1. The van der Waals surface area contributed by atoms with Crippen molar-refractivity contribution < 1.29 is 22.8 Å². The topological polar surface area (TPSA) is 83.1 Å². The lowest BCUT2D eigenvalue weighted by Crippen LogP contribution is -2.20. The zero-order valence-corrected chi connectivity index (χ0v) is 19.0. The lowest BCUT2D eigenvalue weighted by atomic mass is 10.1. The number of carbonyl (C=O) groups excluding carboxylic acids is 2. The first-order valence-electron chi connectivity index (χ1n) is 10.3. The normalized spacial score (nSPS) is 11.2. The maximum absolute atomic E-state index is 13.1. The second-order valence-electron chi connectivity index (χ2n) is 7.66. The van der Waals surface area contributed by atoms with Crippen LogP contribution in [-0.2, 0) is 6.18 Å². The quantitative estimate of drug-likeness (QED) is 0.280. The van der Waals surface area contributed by atoms with Crippen molar-refractivity contribution in [2.75, 3.05) is 16.0 Å². The number of hydrogen-bond acceptors (Lipinski definition) is 3. The van der Waals surface area contributed by atoms with Crippen LogP contribution < -0.4 is 16.0 Å². The van der Waals surface area contributed by atoms with Crippen LogP contribution in [0.2, 0.25) is 5.02 Å². The van der Waals surface area contributed by atoms with E-state index >= 15 is 0 Å². The maximum Gasteiger partial charge on any atom is 0.417 e. The zero-order valence-electron chi connectivity index (χ0n) is 18.2. The monoisotopic (exact) mass is 498 g/mol. The second-order valence-corrected chi connectivity index (χ2v) is 8.06. The van der Waals surface area contributed by atoms with Crippen molar-refractivity contribution in [1.29, 1.82) is 0 Å². The first-order chi connectivity index (χ1) is 16.6. The van der Waals surface area contributed by atoms with E-state index in [0.29, 0.717) is 16.9 Å². The molecule has 0 spiro atoms. The van der Waals surface area contributed by atoms with E-state index in [2.05, 4.69) is 20.9 Å². The zero-order chi connectivity index (χ0) is 25.2. The summed E-state index contributed by atoms with van der Waals surface area (Å²) >= 11 is 5.61. The van der Waals surface area contributed by atoms with Gasteiger partial charge in [0.1, 0.15) is 0 Å². The SMILES string of the molecule is Cc1ccc(NC(=O)Nc2ccc(Cl)c(C(F)(F)F)c2)cc1NC(=O)c1cccc2cnccc12. The molecule has 0 aliphatic carbocycles. The van der Waals surface area contributed by atoms with Crippen molar-refractivity contribution in [3.63, 3.8) is 0 Å². The van der Waals surface area contributed by atoms with Crippen LogP contribution in [0.5, 0.6) is 0 Å². The van der Waals surface area contributed by atoms with Gasteiger partial charge in [-0.1, -0.05) is 29.8 Å². The second kappa shape index (κ2) is 9.63. The molecule has 6 nitrogen and oxygen atoms in total. The summed E-state index contributed by atoms with van der Waals surface area (Å²) in [5.74, 6) is -0.340. The molecule has 0 saturated heterocycles. The summed E-state index contributed by atoms with van der Waals surface area (Å²) in [4.78, 5) is 29.4. The van der Waals surface area contributed by atoms with Crippen molar-refractivity contribution in [3.05, 3.63) is 94.8 Å². The van der Waals surface area contributed by atoms with Gasteiger partial charge in [-0.15, -0.1) is 0 Å². The number of nitrogens with one attached hydrogen (secondary N) is 3. The Balaban J connectivity index is 1.50. The summed E-state index contributed by atoms with van der Waals surface area (Å²) < 4.78 is 39.2. The number of pyridine rings is 1. The Morgan fingerprint density at radius 1 is 0.914 bits per heavy atom. The van der Waals surface area contributed by atoms with E-state index in [0.717, 1.165) is 28.5 Å². The van der Waals surface area contributed by atoms with Gasteiger partial charge in [-0.05, 0) is 60.3 Å². The minimum absolute atomic E-state index is 0.0784. The van der Waals surface area contributed by atoms with Gasteiger partial charge in [0.05, 0.1) is 10.6 Å². The number of anilines is 3. The summed E-state index contributed by atoms with van der Waals surface area (Å²) in [5, 5.41) is 8.83. The Morgan fingerprint density at radius 3 is 2.37 bits per heavy atom. The first-order valence-corrected chi connectivity index (χ1v) is 10.7. The van der Waals surface area contributed by atoms with Crippen molar-refractivity contribution in [2.45, 2.75) is 13.1 Å². The minimum Gasteiger partial charge on any atom is -0.322 e. The van der Waals surface area contributed by atoms with Crippen molar-refractivity contribution in [1.82, 2.24) is 4.98 Å². The Hall–Kier alpha value is -4.11. The number of alkyl halides is 3. The van der Waals surface area contributed by atoms with E-state index < -0.39 is 22.8 Å². The summed E-state index contributed by atoms with van der Waals surface area (Å²) in [5.41, 5.74) is 0.870. The number of aromatic nitrogens is 1. The number of amides is 3. The summed E-state index contributed by atoms with van der Waals surface area (Å²) in [6, 6.07) is 14.2. The predicted octanol–water partition coefficient (Wildman–Crippen LogP) is 7.11. The van der Waals surface area contributed by atoms with Crippen molar-refractivity contribution >= 4 is 51.4 Å². The van der Waals surface area contributed by atoms with Crippen LogP contribution in [-0.4, -0.2) is 16.9 Å². The highest BCUT2D eigenvalue weighted by atomic mass is 35.5. The summed E-state index contributed by atoms with van der Waals surface area (Å²) in [6.07, 6.45) is -1.39. The van der Waals surface area contributed by atoms with Gasteiger partial charge in [-0.2, -0.15) is 13.2 Å². The standard InChI is InChI=1S/C25H18ClF3N4O2/c1-14-5-6-17(32-24(35)31-16-7-8-21(26)20(11-16)25(27,28)29)12-22(14)33-23(34)19-4-2-3-15-13-30-10-9-18(15)19/h2-13H,1H3,(H,33,34)(H2,31,32,35). The van der Waals surface area contributed by atoms with Crippen LogP contribution in [0.4, 0.5) is 35.0 Å². The number of rotatable bonds is 4. The van der Waals surface area contributed by atoms with E-state index in [1.807, 2.05) is 6.07 Å². The molecule has 3 amide bonds. The summed E-state index contributed by atoms with van der Waals surface area (Å²) in [6.45, 7) is 1.79. The number of urea groups is 1. The minimum atomic E-state index is -4.66. The third-order valence-corrected chi connectivity index (χ3v) is 5.53. The Bertz CT molecular complexity index is 1430. The van der Waals surface area contributed by atoms with Crippen LogP contribution in [0.3, 0.4) is 0 Å². The van der Waals surface area contributed by atoms with Crippen molar-refractivity contribution in [2.24, 2.45) is 0 Å². The number of carbonyl (C=O) groups is 2. The summed E-state index contributed by atoms with van der Waals surface area (Å²) in [7, 11) is 0. The molecule has 4 rings (SSSR count). The molecule has 35 heavy (non-hydrogen) atoms. The van der Waals surface area contributed by atoms with Gasteiger partial charge in [0.25, 0.3) is 5.91 Å². The molecule has 1 aromatic heterocycles. The molecule has 3 aromatic carbocycles. The van der Waals surface area contributed by atoms with E-state index in [-0.39, 0.29) is 11.6 Å². The molecule has 0 aliphatic rings. The molecule has 0 bridgehead atoms.